The van der Waals surface area contributed by atoms with Crippen LogP contribution in [0.1, 0.15) is 43.2 Å². The number of hydrogen-bond acceptors (Lipinski definition) is 9. The predicted molar refractivity (Wildman–Crippen MR) is 176 cm³/mol. The summed E-state index contributed by atoms with van der Waals surface area (Å²) < 4.78 is 26.1. The van der Waals surface area contributed by atoms with Gasteiger partial charge < -0.3 is 24.7 Å². The first-order valence-corrected chi connectivity index (χ1v) is 15.4. The Morgan fingerprint density at radius 1 is 1.00 bits per heavy atom. The number of anilines is 1. The number of carbonyl (C=O) groups excluding carboxylic acids is 1. The standard InChI is InChI=1S/C35H38N6O6/c1-21(2)32(42)39-34-38-31-30(33(43)40-34)37-20-41(31)29-18-27(36)28(47-29)19-46-35(22-8-6-5-7-9-22,23-10-14-25(44-3)15-11-23)24-12-16-26(45-4)17-13-24/h5-17,20-21,27-29H,18-19,36H2,1-4H3,(H2,38,39,40,42,43)/t27-,28+,29+/m0/s1. The number of imidazole rings is 1. The van der Waals surface area contributed by atoms with E-state index in [9.17, 15) is 9.59 Å². The summed E-state index contributed by atoms with van der Waals surface area (Å²) in [6, 6.07) is 25.2. The number of nitrogens with two attached hydrogens (primary N) is 1. The van der Waals surface area contributed by atoms with E-state index in [-0.39, 0.29) is 35.5 Å². The van der Waals surface area contributed by atoms with Crippen LogP contribution in [0.2, 0.25) is 0 Å². The average Bonchev–Trinajstić information content (AvgIpc) is 3.69. The van der Waals surface area contributed by atoms with Crippen molar-refractivity contribution < 1.29 is 23.7 Å². The number of fused-ring (bicyclic) bond motifs is 1. The first-order valence-electron chi connectivity index (χ1n) is 15.4. The van der Waals surface area contributed by atoms with E-state index in [1.807, 2.05) is 78.9 Å². The molecule has 0 radical (unpaired) electrons. The van der Waals surface area contributed by atoms with Gasteiger partial charge in [0.15, 0.2) is 11.2 Å². The second-order valence-electron chi connectivity index (χ2n) is 11.7. The number of nitrogens with one attached hydrogen (secondary N) is 2. The van der Waals surface area contributed by atoms with E-state index < -0.39 is 29.5 Å². The van der Waals surface area contributed by atoms with Crippen LogP contribution in [0.15, 0.2) is 90.0 Å². The molecule has 1 aliphatic heterocycles. The van der Waals surface area contributed by atoms with Gasteiger partial charge in [-0.3, -0.25) is 24.5 Å². The zero-order chi connectivity index (χ0) is 33.1. The van der Waals surface area contributed by atoms with Gasteiger partial charge >= 0.3 is 0 Å². The summed E-state index contributed by atoms with van der Waals surface area (Å²) in [6.45, 7) is 3.64. The first-order chi connectivity index (χ1) is 22.7. The number of ether oxygens (including phenoxy) is 4. The Morgan fingerprint density at radius 2 is 1.60 bits per heavy atom. The normalized spacial score (nSPS) is 18.0. The average molecular weight is 639 g/mol. The van der Waals surface area contributed by atoms with E-state index in [2.05, 4.69) is 20.3 Å². The number of H-pyrrole nitrogens is 1. The lowest BCUT2D eigenvalue weighted by Crippen LogP contribution is -2.40. The van der Waals surface area contributed by atoms with E-state index in [1.54, 1.807) is 32.6 Å². The molecule has 12 heteroatoms. The molecule has 3 aromatic carbocycles. The lowest BCUT2D eigenvalue weighted by Gasteiger charge is -2.37. The molecule has 5 aromatic rings. The van der Waals surface area contributed by atoms with E-state index in [1.165, 1.54) is 6.33 Å². The minimum absolute atomic E-state index is 0.0387. The molecule has 0 bridgehead atoms. The van der Waals surface area contributed by atoms with Crippen LogP contribution < -0.4 is 26.1 Å². The van der Waals surface area contributed by atoms with Gasteiger partial charge in [-0.1, -0.05) is 68.4 Å². The number of rotatable bonds is 11. The molecule has 47 heavy (non-hydrogen) atoms. The maximum Gasteiger partial charge on any atom is 0.280 e. The molecule has 4 N–H and O–H groups in total. The summed E-state index contributed by atoms with van der Waals surface area (Å²) >= 11 is 0. The van der Waals surface area contributed by atoms with Gasteiger partial charge in [-0.15, -0.1) is 0 Å². The van der Waals surface area contributed by atoms with Crippen LogP contribution >= 0.6 is 0 Å². The van der Waals surface area contributed by atoms with E-state index >= 15 is 0 Å². The number of aromatic amines is 1. The van der Waals surface area contributed by atoms with Crippen LogP contribution in [0.3, 0.4) is 0 Å². The second-order valence-corrected chi connectivity index (χ2v) is 11.7. The molecule has 3 heterocycles. The van der Waals surface area contributed by atoms with Crippen molar-refractivity contribution in [2.24, 2.45) is 11.7 Å². The minimum Gasteiger partial charge on any atom is -0.497 e. The van der Waals surface area contributed by atoms with Crippen molar-refractivity contribution in [3.63, 3.8) is 0 Å². The number of aromatic nitrogens is 4. The third kappa shape index (κ3) is 6.22. The monoisotopic (exact) mass is 638 g/mol. The van der Waals surface area contributed by atoms with Gasteiger partial charge in [0, 0.05) is 18.4 Å². The summed E-state index contributed by atoms with van der Waals surface area (Å²) in [5.41, 5.74) is 8.27. The molecule has 3 atom stereocenters. The highest BCUT2D eigenvalue weighted by Gasteiger charge is 2.42. The van der Waals surface area contributed by atoms with Gasteiger partial charge in [-0.05, 0) is 41.0 Å². The number of carbonyl (C=O) groups is 1. The SMILES string of the molecule is COc1ccc(C(OC[C@H]2O[C@@H](n3cnc4c(=O)[nH]c(NC(=O)C(C)C)nc43)C[C@@H]2N)(c2ccccc2)c2ccc(OC)cc2)cc1. The van der Waals surface area contributed by atoms with Gasteiger partial charge in [0.1, 0.15) is 23.3 Å². The molecular weight excluding hydrogens is 600 g/mol. The topological polar surface area (TPSA) is 156 Å². The molecule has 6 rings (SSSR count). The van der Waals surface area contributed by atoms with Crippen LogP contribution in [0, 0.1) is 5.92 Å². The Hall–Kier alpha value is -5.04. The lowest BCUT2D eigenvalue weighted by molar-refractivity contribution is -0.118. The van der Waals surface area contributed by atoms with Crippen molar-refractivity contribution in [2.75, 3.05) is 26.1 Å². The Morgan fingerprint density at radius 3 is 2.17 bits per heavy atom. The molecule has 0 saturated carbocycles. The highest BCUT2D eigenvalue weighted by atomic mass is 16.6. The van der Waals surface area contributed by atoms with Gasteiger partial charge in [-0.2, -0.15) is 4.98 Å². The second kappa shape index (κ2) is 13.4. The Bertz CT molecular complexity index is 1840. The van der Waals surface area contributed by atoms with Crippen molar-refractivity contribution in [3.8, 4) is 11.5 Å². The number of methoxy groups -OCH3 is 2. The van der Waals surface area contributed by atoms with Crippen LogP contribution in [0.5, 0.6) is 11.5 Å². The third-order valence-electron chi connectivity index (χ3n) is 8.43. The summed E-state index contributed by atoms with van der Waals surface area (Å²) in [4.78, 5) is 36.4. The Kier molecular flexibility index (Phi) is 9.08. The molecule has 244 valence electrons. The fourth-order valence-corrected chi connectivity index (χ4v) is 5.82. The maximum absolute atomic E-state index is 12.8. The fourth-order valence-electron chi connectivity index (χ4n) is 5.82. The molecular formula is C35H38N6O6. The zero-order valence-corrected chi connectivity index (χ0v) is 26.7. The molecule has 1 saturated heterocycles. The van der Waals surface area contributed by atoms with Crippen molar-refractivity contribution >= 4 is 23.0 Å². The molecule has 0 unspecified atom stereocenters. The predicted octanol–water partition coefficient (Wildman–Crippen LogP) is 4.35. The van der Waals surface area contributed by atoms with E-state index in [0.29, 0.717) is 6.42 Å². The van der Waals surface area contributed by atoms with Crippen LogP contribution in [-0.2, 0) is 19.9 Å². The first kappa shape index (κ1) is 31.9. The third-order valence-corrected chi connectivity index (χ3v) is 8.43. The summed E-state index contributed by atoms with van der Waals surface area (Å²) in [7, 11) is 3.26. The van der Waals surface area contributed by atoms with Crippen LogP contribution in [0.25, 0.3) is 11.2 Å². The van der Waals surface area contributed by atoms with Crippen molar-refractivity contribution in [3.05, 3.63) is 112 Å². The summed E-state index contributed by atoms with van der Waals surface area (Å²) in [5.74, 6) is 0.918. The molecule has 1 fully saturated rings. The fraction of sp³-hybridized carbons (Fsp3) is 0.314. The highest BCUT2D eigenvalue weighted by Crippen LogP contribution is 2.42. The Balaban J connectivity index is 1.33. The van der Waals surface area contributed by atoms with Gasteiger partial charge in [0.25, 0.3) is 5.56 Å². The molecule has 0 spiro atoms. The molecule has 1 aliphatic rings. The lowest BCUT2D eigenvalue weighted by atomic mass is 9.80. The number of amides is 1. The zero-order valence-electron chi connectivity index (χ0n) is 26.7. The van der Waals surface area contributed by atoms with Crippen molar-refractivity contribution in [1.82, 2.24) is 19.5 Å². The highest BCUT2D eigenvalue weighted by molar-refractivity contribution is 5.91. The minimum atomic E-state index is -1.04. The maximum atomic E-state index is 12.8. The van der Waals surface area contributed by atoms with Crippen molar-refractivity contribution in [1.29, 1.82) is 0 Å². The quantitative estimate of drug-likeness (QED) is 0.179. The number of nitrogens with zero attached hydrogens (tertiary/aromatic N) is 3. The van der Waals surface area contributed by atoms with E-state index in [0.717, 1.165) is 28.2 Å². The smallest absolute Gasteiger partial charge is 0.280 e. The van der Waals surface area contributed by atoms with E-state index in [4.69, 9.17) is 24.7 Å². The van der Waals surface area contributed by atoms with Gasteiger partial charge in [-0.25, -0.2) is 4.98 Å². The summed E-state index contributed by atoms with van der Waals surface area (Å²) in [6.07, 6.45) is 0.842. The Labute approximate surface area is 271 Å². The molecule has 1 amide bonds. The molecule has 0 aliphatic carbocycles. The number of hydrogen-bond donors (Lipinski definition) is 3. The van der Waals surface area contributed by atoms with Crippen LogP contribution in [0.4, 0.5) is 5.95 Å². The van der Waals surface area contributed by atoms with Crippen molar-refractivity contribution in [2.45, 2.75) is 44.2 Å². The van der Waals surface area contributed by atoms with Crippen LogP contribution in [-0.4, -0.2) is 58.4 Å². The van der Waals surface area contributed by atoms with Gasteiger partial charge in [0.2, 0.25) is 11.9 Å². The summed E-state index contributed by atoms with van der Waals surface area (Å²) in [5, 5.41) is 2.65. The molecule has 2 aromatic heterocycles. The largest absolute Gasteiger partial charge is 0.497 e. The van der Waals surface area contributed by atoms with Gasteiger partial charge in [0.05, 0.1) is 33.3 Å². The number of benzene rings is 3. The molecule has 12 nitrogen and oxygen atoms in total.